The van der Waals surface area contributed by atoms with Crippen molar-refractivity contribution in [2.24, 2.45) is 0 Å². The molecule has 3 aliphatic rings. The third kappa shape index (κ3) is 3.66. The van der Waals surface area contributed by atoms with E-state index in [1.165, 1.54) is 17.8 Å². The molecule has 1 aromatic rings. The molecule has 0 aromatic heterocycles. The van der Waals surface area contributed by atoms with Crippen LogP contribution in [0.5, 0.6) is 0 Å². The number of amides is 4. The van der Waals surface area contributed by atoms with Gasteiger partial charge in [0.15, 0.2) is 0 Å². The third-order valence-corrected chi connectivity index (χ3v) is 6.44. The van der Waals surface area contributed by atoms with Crippen molar-refractivity contribution in [3.63, 3.8) is 0 Å². The van der Waals surface area contributed by atoms with Crippen molar-refractivity contribution in [3.8, 4) is 0 Å². The van der Waals surface area contributed by atoms with E-state index in [2.05, 4.69) is 10.6 Å². The number of piperidine rings is 2. The predicted octanol–water partition coefficient (Wildman–Crippen LogP) is 1.49. The molecule has 1 atom stereocenters. The lowest BCUT2D eigenvalue weighted by Crippen LogP contribution is -2.54. The highest BCUT2D eigenvalue weighted by Gasteiger charge is 2.45. The summed E-state index contributed by atoms with van der Waals surface area (Å²) in [5.74, 6) is -2.95. The molecule has 3 heterocycles. The molecular formula is C18H19ClFN3O4S. The fraction of sp³-hybridized carbons (Fsp3) is 0.444. The monoisotopic (exact) mass is 427 g/mol. The van der Waals surface area contributed by atoms with Crippen LogP contribution in [-0.2, 0) is 9.59 Å². The van der Waals surface area contributed by atoms with Crippen molar-refractivity contribution in [2.75, 3.05) is 13.1 Å². The van der Waals surface area contributed by atoms with Crippen LogP contribution in [0.2, 0.25) is 0 Å². The molecule has 150 valence electrons. The van der Waals surface area contributed by atoms with Gasteiger partial charge in [-0.1, -0.05) is 0 Å². The van der Waals surface area contributed by atoms with Crippen molar-refractivity contribution in [1.29, 1.82) is 0 Å². The molecule has 10 heteroatoms. The van der Waals surface area contributed by atoms with Gasteiger partial charge in [-0.2, -0.15) is 0 Å². The highest BCUT2D eigenvalue weighted by Crippen LogP contribution is 2.36. The minimum Gasteiger partial charge on any atom is -0.317 e. The van der Waals surface area contributed by atoms with Crippen molar-refractivity contribution in [3.05, 3.63) is 29.1 Å². The van der Waals surface area contributed by atoms with Gasteiger partial charge in [-0.15, -0.1) is 24.2 Å². The van der Waals surface area contributed by atoms with Crippen molar-refractivity contribution >= 4 is 47.8 Å². The van der Waals surface area contributed by atoms with E-state index in [0.29, 0.717) is 4.90 Å². The molecular weight excluding hydrogens is 409 g/mol. The summed E-state index contributed by atoms with van der Waals surface area (Å²) in [6.45, 7) is 1.73. The number of nitrogens with zero attached hydrogens (tertiary/aromatic N) is 1. The summed E-state index contributed by atoms with van der Waals surface area (Å²) >= 11 is 1.38. The van der Waals surface area contributed by atoms with Crippen LogP contribution in [-0.4, -0.2) is 52.9 Å². The van der Waals surface area contributed by atoms with Gasteiger partial charge in [0.05, 0.1) is 11.1 Å². The molecule has 2 saturated heterocycles. The lowest BCUT2D eigenvalue weighted by Gasteiger charge is -2.27. The molecule has 4 rings (SSSR count). The summed E-state index contributed by atoms with van der Waals surface area (Å²) in [6, 6.07) is 1.47. The summed E-state index contributed by atoms with van der Waals surface area (Å²) in [4.78, 5) is 50.0. The Hall–Kier alpha value is -1.97. The number of halogens is 2. The summed E-state index contributed by atoms with van der Waals surface area (Å²) in [5.41, 5.74) is 0.0828. The van der Waals surface area contributed by atoms with E-state index in [1.54, 1.807) is 0 Å². The SMILES string of the molecule is Cl.O=C1CCC(N2C(=O)c3cc(F)c(SC4CCNCC4)cc3C2=O)C(=O)N1. The maximum atomic E-state index is 14.6. The van der Waals surface area contributed by atoms with Crippen LogP contribution in [0.4, 0.5) is 4.39 Å². The van der Waals surface area contributed by atoms with Gasteiger partial charge in [-0.3, -0.25) is 29.4 Å². The van der Waals surface area contributed by atoms with Gasteiger partial charge in [-0.05, 0) is 44.5 Å². The summed E-state index contributed by atoms with van der Waals surface area (Å²) in [6.07, 6.45) is 1.93. The standard InChI is InChI=1S/C18H18FN3O4S.ClH/c19-12-7-10-11(8-14(12)27-9-3-5-20-6-4-9)18(26)22(17(10)25)13-1-2-15(23)21-16(13)24;/h7-9,13,20H,1-6H2,(H,21,23,24);1H. The Morgan fingerprint density at radius 1 is 1.00 bits per heavy atom. The molecule has 1 aromatic carbocycles. The molecule has 0 saturated carbocycles. The van der Waals surface area contributed by atoms with Gasteiger partial charge in [0, 0.05) is 16.6 Å². The van der Waals surface area contributed by atoms with Gasteiger partial charge < -0.3 is 5.32 Å². The number of fused-ring (bicyclic) bond motifs is 1. The summed E-state index contributed by atoms with van der Waals surface area (Å²) in [5, 5.41) is 5.64. The van der Waals surface area contributed by atoms with Crippen molar-refractivity contribution in [2.45, 2.75) is 41.9 Å². The van der Waals surface area contributed by atoms with Crippen LogP contribution in [0.25, 0.3) is 0 Å². The fourth-order valence-electron chi connectivity index (χ4n) is 3.65. The van der Waals surface area contributed by atoms with E-state index in [-0.39, 0.29) is 41.6 Å². The van der Waals surface area contributed by atoms with Crippen LogP contribution in [0.15, 0.2) is 17.0 Å². The van der Waals surface area contributed by atoms with E-state index >= 15 is 0 Å². The quantitative estimate of drug-likeness (QED) is 0.710. The first kappa shape index (κ1) is 20.8. The second-order valence-electron chi connectivity index (χ2n) is 6.84. The normalized spacial score (nSPS) is 22.8. The molecule has 0 aliphatic carbocycles. The zero-order chi connectivity index (χ0) is 19.1. The average molecular weight is 428 g/mol. The first-order chi connectivity index (χ1) is 13.0. The van der Waals surface area contributed by atoms with E-state index < -0.39 is 35.5 Å². The maximum absolute atomic E-state index is 14.6. The number of carbonyl (C=O) groups is 4. The van der Waals surface area contributed by atoms with E-state index in [9.17, 15) is 23.6 Å². The first-order valence-electron chi connectivity index (χ1n) is 8.88. The largest absolute Gasteiger partial charge is 0.317 e. The topological polar surface area (TPSA) is 95.6 Å². The molecule has 28 heavy (non-hydrogen) atoms. The molecule has 3 aliphatic heterocycles. The van der Waals surface area contributed by atoms with Gasteiger partial charge in [0.1, 0.15) is 11.9 Å². The number of hydrogen-bond acceptors (Lipinski definition) is 6. The number of hydrogen-bond donors (Lipinski definition) is 2. The Labute approximate surface area is 171 Å². The first-order valence-corrected chi connectivity index (χ1v) is 9.76. The number of carbonyl (C=O) groups excluding carboxylic acids is 4. The maximum Gasteiger partial charge on any atom is 0.262 e. The highest BCUT2D eigenvalue weighted by molar-refractivity contribution is 8.00. The van der Waals surface area contributed by atoms with Gasteiger partial charge >= 0.3 is 0 Å². The molecule has 4 amide bonds. The Kier molecular flexibility index (Phi) is 6.07. The van der Waals surface area contributed by atoms with Gasteiger partial charge in [0.25, 0.3) is 11.8 Å². The molecule has 7 nitrogen and oxygen atoms in total. The van der Waals surface area contributed by atoms with Gasteiger partial charge in [0.2, 0.25) is 11.8 Å². The predicted molar refractivity (Wildman–Crippen MR) is 102 cm³/mol. The Bertz CT molecular complexity index is 859. The highest BCUT2D eigenvalue weighted by atomic mass is 35.5. The minimum absolute atomic E-state index is 0. The number of imide groups is 2. The number of nitrogens with one attached hydrogen (secondary N) is 2. The summed E-state index contributed by atoms with van der Waals surface area (Å²) in [7, 11) is 0. The molecule has 0 bridgehead atoms. The Balaban J connectivity index is 0.00000225. The van der Waals surface area contributed by atoms with E-state index in [4.69, 9.17) is 0 Å². The van der Waals surface area contributed by atoms with Crippen LogP contribution >= 0.6 is 24.2 Å². The molecule has 2 fully saturated rings. The van der Waals surface area contributed by atoms with E-state index in [1.807, 2.05) is 0 Å². The Morgan fingerprint density at radius 3 is 2.29 bits per heavy atom. The Morgan fingerprint density at radius 2 is 1.64 bits per heavy atom. The zero-order valence-electron chi connectivity index (χ0n) is 14.8. The van der Waals surface area contributed by atoms with Gasteiger partial charge in [-0.25, -0.2) is 4.39 Å². The molecule has 1 unspecified atom stereocenters. The second-order valence-corrected chi connectivity index (χ2v) is 8.18. The van der Waals surface area contributed by atoms with Crippen LogP contribution in [0.1, 0.15) is 46.4 Å². The zero-order valence-corrected chi connectivity index (χ0v) is 16.5. The molecule has 2 N–H and O–H groups in total. The smallest absolute Gasteiger partial charge is 0.262 e. The van der Waals surface area contributed by atoms with Crippen molar-refractivity contribution < 1.29 is 23.6 Å². The second kappa shape index (κ2) is 8.18. The van der Waals surface area contributed by atoms with E-state index in [0.717, 1.165) is 36.9 Å². The fourth-order valence-corrected chi connectivity index (χ4v) is 4.84. The van der Waals surface area contributed by atoms with Crippen LogP contribution < -0.4 is 10.6 Å². The van der Waals surface area contributed by atoms with Crippen LogP contribution in [0, 0.1) is 5.82 Å². The summed E-state index contributed by atoms with van der Waals surface area (Å²) < 4.78 is 14.6. The molecule has 0 radical (unpaired) electrons. The lowest BCUT2D eigenvalue weighted by molar-refractivity contribution is -0.136. The average Bonchev–Trinajstić information content (AvgIpc) is 2.87. The van der Waals surface area contributed by atoms with Crippen molar-refractivity contribution in [1.82, 2.24) is 15.5 Å². The van der Waals surface area contributed by atoms with Crippen LogP contribution in [0.3, 0.4) is 0 Å². The lowest BCUT2D eigenvalue weighted by atomic mass is 10.0. The minimum atomic E-state index is -1.04. The molecule has 0 spiro atoms. The number of benzene rings is 1. The number of thioether (sulfide) groups is 1. The number of rotatable bonds is 3. The third-order valence-electron chi connectivity index (χ3n) is 5.07.